The number of hydrogen-bond acceptors (Lipinski definition) is 6. The van der Waals surface area contributed by atoms with Crippen LogP contribution < -0.4 is 5.32 Å². The number of nitrogens with one attached hydrogen (secondary N) is 1. The zero-order chi connectivity index (χ0) is 18.3. The lowest BCUT2D eigenvalue weighted by Crippen LogP contribution is -2.41. The van der Waals surface area contributed by atoms with Gasteiger partial charge in [-0.3, -0.25) is 14.8 Å². The fourth-order valence-electron chi connectivity index (χ4n) is 1.30. The molecule has 2 rings (SSSR count). The molecule has 0 aromatic carbocycles. The molecule has 0 bridgehead atoms. The van der Waals surface area contributed by atoms with Crippen LogP contribution in [0, 0.1) is 0 Å². The Morgan fingerprint density at radius 3 is 1.79 bits per heavy atom. The summed E-state index contributed by atoms with van der Waals surface area (Å²) in [5, 5.41) is 11.4. The van der Waals surface area contributed by atoms with Gasteiger partial charge < -0.3 is 10.4 Å². The summed E-state index contributed by atoms with van der Waals surface area (Å²) in [6.45, 7) is 5.68. The highest BCUT2D eigenvalue weighted by Gasteiger charge is 2.16. The number of aromatic nitrogens is 4. The molecule has 10 heteroatoms. The summed E-state index contributed by atoms with van der Waals surface area (Å²) in [5.41, 5.74) is -0.207. The van der Waals surface area contributed by atoms with Gasteiger partial charge in [-0.15, -0.1) is 0 Å². The van der Waals surface area contributed by atoms with Crippen LogP contribution in [0.1, 0.15) is 41.7 Å². The quantitative estimate of drug-likeness (QED) is 0.831. The third-order valence-electron chi connectivity index (χ3n) is 2.15. The smallest absolute Gasteiger partial charge is 0.356 e. The lowest BCUT2D eigenvalue weighted by Gasteiger charge is -2.19. The Hall–Kier alpha value is -2.32. The molecule has 0 saturated carbocycles. The average Bonchev–Trinajstić information content (AvgIpc) is 2.46. The van der Waals surface area contributed by atoms with Gasteiger partial charge in [-0.2, -0.15) is 0 Å². The maximum atomic E-state index is 11.5. The molecule has 8 nitrogen and oxygen atoms in total. The maximum absolute atomic E-state index is 11.5. The summed E-state index contributed by atoms with van der Waals surface area (Å²) < 4.78 is 0. The number of aromatic carboxylic acids is 1. The number of amides is 1. The molecule has 0 unspecified atom stereocenters. The zero-order valence-electron chi connectivity index (χ0n) is 13.1. The Kier molecular flexibility index (Phi) is 6.99. The third-order valence-corrected chi connectivity index (χ3v) is 2.51. The fraction of sp³-hybridized carbons (Fsp3) is 0.286. The van der Waals surface area contributed by atoms with Crippen molar-refractivity contribution >= 4 is 35.1 Å². The lowest BCUT2D eigenvalue weighted by atomic mass is 10.1. The molecule has 2 N–H and O–H groups in total. The van der Waals surface area contributed by atoms with E-state index in [-0.39, 0.29) is 33.1 Å². The van der Waals surface area contributed by atoms with Crippen molar-refractivity contribution in [1.29, 1.82) is 0 Å². The molecule has 0 aliphatic carbocycles. The summed E-state index contributed by atoms with van der Waals surface area (Å²) in [4.78, 5) is 36.4. The van der Waals surface area contributed by atoms with E-state index in [1.807, 2.05) is 20.8 Å². The molecule has 128 valence electrons. The standard InChI is InChI=1S/C9H12ClN3O.C5H3ClN2O2/c1-9(2,3)13-8(14)6-4-11-5-7(10)12-6;6-4-2-7-1-3(8-4)5(9)10/h4-5H,1-3H3,(H,13,14);1-2H,(H,9,10). The van der Waals surface area contributed by atoms with Gasteiger partial charge in [0.2, 0.25) is 0 Å². The van der Waals surface area contributed by atoms with Crippen molar-refractivity contribution in [3.8, 4) is 0 Å². The molecule has 0 aliphatic heterocycles. The van der Waals surface area contributed by atoms with Crippen LogP contribution in [-0.2, 0) is 0 Å². The molecular weight excluding hydrogens is 357 g/mol. The average molecular weight is 372 g/mol. The van der Waals surface area contributed by atoms with Crippen LogP contribution >= 0.6 is 23.2 Å². The Morgan fingerprint density at radius 2 is 1.42 bits per heavy atom. The Morgan fingerprint density at radius 1 is 0.958 bits per heavy atom. The first-order chi connectivity index (χ1) is 11.1. The predicted molar refractivity (Wildman–Crippen MR) is 88.3 cm³/mol. The Bertz CT molecular complexity index is 734. The topological polar surface area (TPSA) is 118 Å². The van der Waals surface area contributed by atoms with Crippen molar-refractivity contribution in [3.05, 3.63) is 46.5 Å². The number of carbonyl (C=O) groups is 2. The second kappa shape index (κ2) is 8.51. The van der Waals surface area contributed by atoms with E-state index in [0.717, 1.165) is 6.20 Å². The van der Waals surface area contributed by atoms with Crippen LogP contribution in [0.2, 0.25) is 10.3 Å². The van der Waals surface area contributed by atoms with Crippen LogP contribution in [0.4, 0.5) is 0 Å². The molecule has 1 amide bonds. The second-order valence-corrected chi connectivity index (χ2v) is 6.24. The molecule has 0 saturated heterocycles. The van der Waals surface area contributed by atoms with Gasteiger partial charge in [0.05, 0.1) is 24.8 Å². The summed E-state index contributed by atoms with van der Waals surface area (Å²) in [5.74, 6) is -1.40. The van der Waals surface area contributed by atoms with Crippen molar-refractivity contribution in [1.82, 2.24) is 25.3 Å². The Labute approximate surface area is 148 Å². The molecule has 2 heterocycles. The minimum atomic E-state index is -1.13. The summed E-state index contributed by atoms with van der Waals surface area (Å²) in [7, 11) is 0. The normalized spacial score (nSPS) is 10.4. The van der Waals surface area contributed by atoms with Crippen molar-refractivity contribution in [2.45, 2.75) is 26.3 Å². The lowest BCUT2D eigenvalue weighted by molar-refractivity contribution is 0.0689. The zero-order valence-corrected chi connectivity index (χ0v) is 14.6. The summed E-state index contributed by atoms with van der Waals surface area (Å²) >= 11 is 11.0. The van der Waals surface area contributed by atoms with E-state index in [2.05, 4.69) is 25.3 Å². The first-order valence-corrected chi connectivity index (χ1v) is 7.35. The van der Waals surface area contributed by atoms with E-state index >= 15 is 0 Å². The fourth-order valence-corrected chi connectivity index (χ4v) is 1.60. The molecule has 2 aromatic rings. The van der Waals surface area contributed by atoms with Crippen molar-refractivity contribution in [3.63, 3.8) is 0 Å². The summed E-state index contributed by atoms with van der Waals surface area (Å²) in [6, 6.07) is 0. The number of carboxylic acids is 1. The number of rotatable bonds is 2. The van der Waals surface area contributed by atoms with Crippen LogP contribution in [0.25, 0.3) is 0 Å². The predicted octanol–water partition coefficient (Wildman–Crippen LogP) is 2.49. The maximum Gasteiger partial charge on any atom is 0.356 e. The molecule has 2 aromatic heterocycles. The Balaban J connectivity index is 0.000000254. The largest absolute Gasteiger partial charge is 0.476 e. The number of nitrogens with zero attached hydrogens (tertiary/aromatic N) is 4. The first-order valence-electron chi connectivity index (χ1n) is 6.59. The summed E-state index contributed by atoms with van der Waals surface area (Å²) in [6.07, 6.45) is 5.17. The molecular formula is C14H15Cl2N5O3. The third kappa shape index (κ3) is 7.30. The van der Waals surface area contributed by atoms with Gasteiger partial charge in [0.15, 0.2) is 5.69 Å². The van der Waals surface area contributed by atoms with E-state index < -0.39 is 5.97 Å². The van der Waals surface area contributed by atoms with E-state index in [0.29, 0.717) is 0 Å². The molecule has 0 fully saturated rings. The second-order valence-electron chi connectivity index (χ2n) is 5.46. The van der Waals surface area contributed by atoms with E-state index in [4.69, 9.17) is 28.3 Å². The van der Waals surface area contributed by atoms with E-state index in [9.17, 15) is 9.59 Å². The van der Waals surface area contributed by atoms with Crippen molar-refractivity contribution in [2.24, 2.45) is 0 Å². The molecule has 0 spiro atoms. The van der Waals surface area contributed by atoms with Gasteiger partial charge in [0.25, 0.3) is 5.91 Å². The molecule has 0 aliphatic rings. The molecule has 0 atom stereocenters. The monoisotopic (exact) mass is 371 g/mol. The van der Waals surface area contributed by atoms with Crippen LogP contribution in [0.5, 0.6) is 0 Å². The van der Waals surface area contributed by atoms with Gasteiger partial charge in [-0.05, 0) is 20.8 Å². The number of carbonyl (C=O) groups excluding carboxylic acids is 1. The van der Waals surface area contributed by atoms with Crippen LogP contribution in [0.15, 0.2) is 24.8 Å². The van der Waals surface area contributed by atoms with Gasteiger partial charge in [0, 0.05) is 5.54 Å². The van der Waals surface area contributed by atoms with Gasteiger partial charge in [-0.1, -0.05) is 23.2 Å². The highest BCUT2D eigenvalue weighted by molar-refractivity contribution is 6.29. The minimum Gasteiger partial charge on any atom is -0.476 e. The SMILES string of the molecule is CC(C)(C)NC(=O)c1cncc(Cl)n1.O=C(O)c1cncc(Cl)n1. The van der Waals surface area contributed by atoms with Gasteiger partial charge in [-0.25, -0.2) is 14.8 Å². The van der Waals surface area contributed by atoms with E-state index in [1.165, 1.54) is 18.6 Å². The van der Waals surface area contributed by atoms with Gasteiger partial charge in [0.1, 0.15) is 16.0 Å². The van der Waals surface area contributed by atoms with E-state index in [1.54, 1.807) is 0 Å². The minimum absolute atomic E-state index is 0.0832. The number of hydrogen-bond donors (Lipinski definition) is 2. The highest BCUT2D eigenvalue weighted by atomic mass is 35.5. The van der Waals surface area contributed by atoms with Crippen LogP contribution in [0.3, 0.4) is 0 Å². The number of halogens is 2. The first kappa shape index (κ1) is 19.7. The number of carboxylic acid groups (broad SMARTS) is 1. The molecule has 24 heavy (non-hydrogen) atoms. The van der Waals surface area contributed by atoms with Crippen molar-refractivity contribution in [2.75, 3.05) is 0 Å². The van der Waals surface area contributed by atoms with Crippen LogP contribution in [-0.4, -0.2) is 42.5 Å². The van der Waals surface area contributed by atoms with Crippen molar-refractivity contribution < 1.29 is 14.7 Å². The van der Waals surface area contributed by atoms with Gasteiger partial charge >= 0.3 is 5.97 Å². The highest BCUT2D eigenvalue weighted by Crippen LogP contribution is 2.05. The molecule has 0 radical (unpaired) electrons.